The molecule has 1 unspecified atom stereocenters. The number of carbonyl (C=O) groups excluding carboxylic acids is 1. The van der Waals surface area contributed by atoms with E-state index in [-0.39, 0.29) is 17.9 Å². The average molecular weight is 144 g/mol. The minimum atomic E-state index is -0.348. The Morgan fingerprint density at radius 2 is 2.40 bits per heavy atom. The van der Waals surface area contributed by atoms with Gasteiger partial charge in [-0.25, -0.2) is 0 Å². The van der Waals surface area contributed by atoms with E-state index in [1.165, 1.54) is 0 Å². The van der Waals surface area contributed by atoms with E-state index in [0.29, 0.717) is 12.8 Å². The Morgan fingerprint density at radius 3 is 2.80 bits per heavy atom. The zero-order chi connectivity index (χ0) is 7.61. The summed E-state index contributed by atoms with van der Waals surface area (Å²) in [6, 6.07) is 0. The summed E-state index contributed by atoms with van der Waals surface area (Å²) < 4.78 is 12.3. The van der Waals surface area contributed by atoms with Crippen LogP contribution in [0.15, 0.2) is 0 Å². The third-order valence-corrected chi connectivity index (χ3v) is 2.18. The number of hydrogen-bond donors (Lipinski definition) is 0. The number of hydrogen-bond acceptors (Lipinski definition) is 1. The number of ketones is 1. The first kappa shape index (κ1) is 7.70. The van der Waals surface area contributed by atoms with Gasteiger partial charge >= 0.3 is 0 Å². The highest BCUT2D eigenvalue weighted by atomic mass is 19.1. The van der Waals surface area contributed by atoms with Crippen LogP contribution in [0.2, 0.25) is 0 Å². The van der Waals surface area contributed by atoms with Crippen molar-refractivity contribution in [2.24, 2.45) is 5.41 Å². The highest BCUT2D eigenvalue weighted by molar-refractivity contribution is 5.79. The molecule has 1 nitrogen and oxygen atoms in total. The van der Waals surface area contributed by atoms with Gasteiger partial charge in [0, 0.05) is 18.3 Å². The molecule has 0 spiro atoms. The van der Waals surface area contributed by atoms with Crippen molar-refractivity contribution in [1.29, 1.82) is 0 Å². The molecule has 2 heteroatoms. The molecule has 1 aliphatic rings. The van der Waals surface area contributed by atoms with Gasteiger partial charge in [-0.15, -0.1) is 0 Å². The maximum absolute atomic E-state index is 12.3. The SMILES string of the molecule is CC1(CF)CCCC(=O)C1. The van der Waals surface area contributed by atoms with E-state index < -0.39 is 0 Å². The fraction of sp³-hybridized carbons (Fsp3) is 0.875. The molecule has 1 aliphatic carbocycles. The summed E-state index contributed by atoms with van der Waals surface area (Å²) in [6.45, 7) is 1.50. The smallest absolute Gasteiger partial charge is 0.133 e. The van der Waals surface area contributed by atoms with E-state index in [1.54, 1.807) is 0 Å². The first-order valence-corrected chi connectivity index (χ1v) is 3.74. The molecule has 0 bridgehead atoms. The predicted molar refractivity (Wildman–Crippen MR) is 37.6 cm³/mol. The molecule has 1 atom stereocenters. The van der Waals surface area contributed by atoms with Crippen LogP contribution in [0.5, 0.6) is 0 Å². The highest BCUT2D eigenvalue weighted by Gasteiger charge is 2.30. The minimum absolute atomic E-state index is 0.228. The predicted octanol–water partition coefficient (Wildman–Crippen LogP) is 2.11. The normalized spacial score (nSPS) is 34.4. The number of rotatable bonds is 1. The van der Waals surface area contributed by atoms with Crippen LogP contribution in [0.1, 0.15) is 32.6 Å². The topological polar surface area (TPSA) is 17.1 Å². The molecule has 10 heavy (non-hydrogen) atoms. The van der Waals surface area contributed by atoms with Crippen LogP contribution in [0, 0.1) is 5.41 Å². The molecular weight excluding hydrogens is 131 g/mol. The van der Waals surface area contributed by atoms with Gasteiger partial charge in [0.05, 0.1) is 6.67 Å². The fourth-order valence-corrected chi connectivity index (χ4v) is 1.48. The van der Waals surface area contributed by atoms with Crippen LogP contribution in [-0.2, 0) is 4.79 Å². The Kier molecular flexibility index (Phi) is 2.07. The molecule has 0 aromatic heterocycles. The Labute approximate surface area is 60.6 Å². The number of alkyl halides is 1. The zero-order valence-corrected chi connectivity index (χ0v) is 6.32. The summed E-state index contributed by atoms with van der Waals surface area (Å²) in [7, 11) is 0. The lowest BCUT2D eigenvalue weighted by atomic mass is 9.76. The lowest BCUT2D eigenvalue weighted by Gasteiger charge is -2.29. The Bertz CT molecular complexity index is 144. The monoisotopic (exact) mass is 144 g/mol. The number of halogens is 1. The van der Waals surface area contributed by atoms with Crippen molar-refractivity contribution in [3.05, 3.63) is 0 Å². The molecular formula is C8H13FO. The summed E-state index contributed by atoms with van der Waals surface area (Å²) in [5.74, 6) is 0.228. The van der Waals surface area contributed by atoms with Gasteiger partial charge in [-0.2, -0.15) is 0 Å². The second-order valence-electron chi connectivity index (χ2n) is 3.51. The summed E-state index contributed by atoms with van der Waals surface area (Å²) in [5.41, 5.74) is -0.324. The summed E-state index contributed by atoms with van der Waals surface area (Å²) in [4.78, 5) is 10.9. The van der Waals surface area contributed by atoms with Crippen LogP contribution in [0.4, 0.5) is 4.39 Å². The van der Waals surface area contributed by atoms with Gasteiger partial charge in [-0.1, -0.05) is 6.92 Å². The van der Waals surface area contributed by atoms with Crippen LogP contribution in [0.25, 0.3) is 0 Å². The molecule has 0 N–H and O–H groups in total. The van der Waals surface area contributed by atoms with E-state index in [2.05, 4.69) is 0 Å². The fourth-order valence-electron chi connectivity index (χ4n) is 1.48. The lowest BCUT2D eigenvalue weighted by Crippen LogP contribution is -2.27. The Morgan fingerprint density at radius 1 is 1.70 bits per heavy atom. The van der Waals surface area contributed by atoms with E-state index in [9.17, 15) is 9.18 Å². The van der Waals surface area contributed by atoms with Crippen molar-refractivity contribution in [2.75, 3.05) is 6.67 Å². The third-order valence-electron chi connectivity index (χ3n) is 2.18. The molecule has 1 rings (SSSR count). The summed E-state index contributed by atoms with van der Waals surface area (Å²) >= 11 is 0. The van der Waals surface area contributed by atoms with E-state index in [1.807, 2.05) is 6.92 Å². The number of carbonyl (C=O) groups is 1. The first-order valence-electron chi connectivity index (χ1n) is 3.74. The van der Waals surface area contributed by atoms with Gasteiger partial charge in [0.1, 0.15) is 5.78 Å². The van der Waals surface area contributed by atoms with Crippen LogP contribution < -0.4 is 0 Å². The molecule has 1 saturated carbocycles. The number of Topliss-reactive ketones (excluding diaryl/α,β-unsaturated/α-hetero) is 1. The maximum atomic E-state index is 12.3. The molecule has 0 heterocycles. The van der Waals surface area contributed by atoms with Crippen molar-refractivity contribution in [1.82, 2.24) is 0 Å². The van der Waals surface area contributed by atoms with Crippen LogP contribution >= 0.6 is 0 Å². The molecule has 0 aromatic carbocycles. The van der Waals surface area contributed by atoms with Crippen molar-refractivity contribution in [3.8, 4) is 0 Å². The zero-order valence-electron chi connectivity index (χ0n) is 6.32. The summed E-state index contributed by atoms with van der Waals surface area (Å²) in [6.07, 6.45) is 2.85. The molecule has 0 saturated heterocycles. The third kappa shape index (κ3) is 1.55. The molecule has 0 radical (unpaired) electrons. The minimum Gasteiger partial charge on any atom is -0.300 e. The summed E-state index contributed by atoms with van der Waals surface area (Å²) in [5, 5.41) is 0. The molecule has 0 aliphatic heterocycles. The van der Waals surface area contributed by atoms with Crippen molar-refractivity contribution in [3.63, 3.8) is 0 Å². The molecule has 0 aromatic rings. The molecule has 1 fully saturated rings. The highest BCUT2D eigenvalue weighted by Crippen LogP contribution is 2.33. The van der Waals surface area contributed by atoms with E-state index >= 15 is 0 Å². The first-order chi connectivity index (χ1) is 4.66. The van der Waals surface area contributed by atoms with Crippen LogP contribution in [0.3, 0.4) is 0 Å². The van der Waals surface area contributed by atoms with Gasteiger partial charge < -0.3 is 0 Å². The average Bonchev–Trinajstić information content (AvgIpc) is 1.88. The second-order valence-corrected chi connectivity index (χ2v) is 3.51. The van der Waals surface area contributed by atoms with E-state index in [4.69, 9.17) is 0 Å². The maximum Gasteiger partial charge on any atom is 0.133 e. The van der Waals surface area contributed by atoms with Gasteiger partial charge in [-0.05, 0) is 12.8 Å². The van der Waals surface area contributed by atoms with Crippen molar-refractivity contribution >= 4 is 5.78 Å². The van der Waals surface area contributed by atoms with Gasteiger partial charge in [-0.3, -0.25) is 9.18 Å². The molecule has 0 amide bonds. The van der Waals surface area contributed by atoms with Crippen molar-refractivity contribution in [2.45, 2.75) is 32.6 Å². The van der Waals surface area contributed by atoms with Gasteiger partial charge in [0.15, 0.2) is 0 Å². The Hall–Kier alpha value is -0.400. The second kappa shape index (κ2) is 2.69. The van der Waals surface area contributed by atoms with Gasteiger partial charge in [0.25, 0.3) is 0 Å². The largest absolute Gasteiger partial charge is 0.300 e. The molecule has 58 valence electrons. The quantitative estimate of drug-likeness (QED) is 0.550. The van der Waals surface area contributed by atoms with Crippen LogP contribution in [-0.4, -0.2) is 12.5 Å². The van der Waals surface area contributed by atoms with E-state index in [0.717, 1.165) is 12.8 Å². The Balaban J connectivity index is 2.53. The lowest BCUT2D eigenvalue weighted by molar-refractivity contribution is -0.123. The van der Waals surface area contributed by atoms with Crippen molar-refractivity contribution < 1.29 is 9.18 Å². The van der Waals surface area contributed by atoms with Gasteiger partial charge in [0.2, 0.25) is 0 Å². The standard InChI is InChI=1S/C8H13FO/c1-8(6-9)4-2-3-7(10)5-8/h2-6H2,1H3.